The van der Waals surface area contributed by atoms with E-state index in [0.29, 0.717) is 15.9 Å². The summed E-state index contributed by atoms with van der Waals surface area (Å²) < 4.78 is 19.6. The molecule has 1 fully saturated rings. The van der Waals surface area contributed by atoms with Gasteiger partial charge in [-0.05, 0) is 53.4 Å². The zero-order valence-corrected chi connectivity index (χ0v) is 13.9. The van der Waals surface area contributed by atoms with Gasteiger partial charge in [-0.2, -0.15) is 4.39 Å². The highest BCUT2D eigenvalue weighted by Crippen LogP contribution is 2.24. The van der Waals surface area contributed by atoms with E-state index in [1.807, 2.05) is 0 Å². The zero-order chi connectivity index (χ0) is 16.2. The van der Waals surface area contributed by atoms with Gasteiger partial charge in [-0.15, -0.1) is 0 Å². The minimum absolute atomic E-state index is 0.0984. The van der Waals surface area contributed by atoms with Gasteiger partial charge in [0, 0.05) is 12.2 Å². The summed E-state index contributed by atoms with van der Waals surface area (Å²) in [4.78, 5) is 7.99. The van der Waals surface area contributed by atoms with Crippen LogP contribution >= 0.6 is 15.9 Å². The Morgan fingerprint density at radius 3 is 3.00 bits per heavy atom. The van der Waals surface area contributed by atoms with E-state index in [1.54, 1.807) is 24.4 Å². The second-order valence-corrected chi connectivity index (χ2v) is 6.09. The van der Waals surface area contributed by atoms with Gasteiger partial charge < -0.3 is 10.1 Å². The van der Waals surface area contributed by atoms with E-state index >= 15 is 0 Å². The van der Waals surface area contributed by atoms with Crippen molar-refractivity contribution >= 4 is 27.3 Å². The lowest BCUT2D eigenvalue weighted by Gasteiger charge is -2.25. The van der Waals surface area contributed by atoms with E-state index < -0.39 is 5.95 Å². The van der Waals surface area contributed by atoms with E-state index in [2.05, 4.69) is 31.2 Å². The average Bonchev–Trinajstić information content (AvgIpc) is 2.57. The fourth-order valence-corrected chi connectivity index (χ4v) is 2.80. The fourth-order valence-electron chi connectivity index (χ4n) is 2.47. The maximum Gasteiger partial charge on any atom is 0.213 e. The highest BCUT2D eigenvalue weighted by molar-refractivity contribution is 9.10. The molecule has 0 radical (unpaired) electrons. The Labute approximate surface area is 141 Å². The number of hydrogen-bond donors (Lipinski definition) is 2. The number of anilines is 1. The first-order valence-corrected chi connectivity index (χ1v) is 8.18. The Balaban J connectivity index is 1.90. The Kier molecular flexibility index (Phi) is 4.97. The Morgan fingerprint density at radius 2 is 2.26 bits per heavy atom. The number of ether oxygens (including phenoxy) is 1. The van der Waals surface area contributed by atoms with Crippen LogP contribution in [0, 0.1) is 11.4 Å². The van der Waals surface area contributed by atoms with Gasteiger partial charge in [0.1, 0.15) is 10.8 Å². The van der Waals surface area contributed by atoms with Crippen molar-refractivity contribution in [3.05, 3.63) is 52.3 Å². The molecule has 5 nitrogen and oxygen atoms in total. The Bertz CT molecular complexity index is 719. The lowest BCUT2D eigenvalue weighted by molar-refractivity contribution is 0.0343. The SMILES string of the molecule is N=C(c1cccc(F)n1)c1cc(Br)ncc1NC1CCCCO1. The van der Waals surface area contributed by atoms with E-state index in [4.69, 9.17) is 10.1 Å². The van der Waals surface area contributed by atoms with Crippen molar-refractivity contribution in [3.8, 4) is 0 Å². The second-order valence-electron chi connectivity index (χ2n) is 5.27. The summed E-state index contributed by atoms with van der Waals surface area (Å²) >= 11 is 3.32. The average molecular weight is 379 g/mol. The van der Waals surface area contributed by atoms with E-state index in [-0.39, 0.29) is 17.6 Å². The monoisotopic (exact) mass is 378 g/mol. The van der Waals surface area contributed by atoms with Gasteiger partial charge in [-0.25, -0.2) is 9.97 Å². The van der Waals surface area contributed by atoms with Crippen LogP contribution in [0.25, 0.3) is 0 Å². The van der Waals surface area contributed by atoms with Crippen LogP contribution in [0.1, 0.15) is 30.5 Å². The molecule has 0 aromatic carbocycles. The molecule has 0 spiro atoms. The van der Waals surface area contributed by atoms with Crippen molar-refractivity contribution in [1.29, 1.82) is 5.41 Å². The molecule has 1 aliphatic rings. The highest BCUT2D eigenvalue weighted by Gasteiger charge is 2.18. The lowest BCUT2D eigenvalue weighted by Crippen LogP contribution is -2.28. The smallest absolute Gasteiger partial charge is 0.213 e. The third-order valence-electron chi connectivity index (χ3n) is 3.61. The predicted molar refractivity (Wildman–Crippen MR) is 89.3 cm³/mol. The van der Waals surface area contributed by atoms with Crippen LogP contribution in [-0.4, -0.2) is 28.5 Å². The normalized spacial score (nSPS) is 17.7. The molecule has 3 rings (SSSR count). The van der Waals surface area contributed by atoms with Crippen LogP contribution in [0.4, 0.5) is 10.1 Å². The summed E-state index contributed by atoms with van der Waals surface area (Å²) in [5.41, 5.74) is 1.68. The van der Waals surface area contributed by atoms with E-state index in [0.717, 1.165) is 25.9 Å². The lowest BCUT2D eigenvalue weighted by atomic mass is 10.1. The molecule has 0 bridgehead atoms. The van der Waals surface area contributed by atoms with E-state index in [1.165, 1.54) is 6.07 Å². The molecule has 1 saturated heterocycles. The summed E-state index contributed by atoms with van der Waals surface area (Å²) in [7, 11) is 0. The number of hydrogen-bond acceptors (Lipinski definition) is 5. The Hall–Kier alpha value is -1.86. The molecule has 0 aliphatic carbocycles. The molecular weight excluding hydrogens is 363 g/mol. The third-order valence-corrected chi connectivity index (χ3v) is 4.04. The molecule has 7 heteroatoms. The van der Waals surface area contributed by atoms with Crippen molar-refractivity contribution in [3.63, 3.8) is 0 Å². The molecule has 23 heavy (non-hydrogen) atoms. The predicted octanol–water partition coefficient (Wildman–Crippen LogP) is 3.73. The number of pyridine rings is 2. The molecular formula is C16H16BrFN4O. The first-order chi connectivity index (χ1) is 11.1. The minimum atomic E-state index is -0.606. The largest absolute Gasteiger partial charge is 0.359 e. The summed E-state index contributed by atoms with van der Waals surface area (Å²) in [6.45, 7) is 0.722. The molecule has 2 aromatic rings. The molecule has 1 aliphatic heterocycles. The molecule has 2 N–H and O–H groups in total. The first-order valence-electron chi connectivity index (χ1n) is 7.39. The van der Waals surface area contributed by atoms with Gasteiger partial charge in [0.05, 0.1) is 23.3 Å². The molecule has 3 heterocycles. The van der Waals surface area contributed by atoms with Gasteiger partial charge in [0.2, 0.25) is 5.95 Å². The zero-order valence-electron chi connectivity index (χ0n) is 12.4. The van der Waals surface area contributed by atoms with Crippen molar-refractivity contribution in [2.24, 2.45) is 0 Å². The van der Waals surface area contributed by atoms with Crippen molar-refractivity contribution < 1.29 is 9.13 Å². The minimum Gasteiger partial charge on any atom is -0.359 e. The first kappa shape index (κ1) is 16.0. The molecule has 0 amide bonds. The van der Waals surface area contributed by atoms with Gasteiger partial charge >= 0.3 is 0 Å². The standard InChI is InChI=1S/C16H16BrFN4O/c17-13-8-10(16(19)11-4-3-5-14(18)21-11)12(9-20-13)22-15-6-1-2-7-23-15/h3-5,8-9,15,19,22H,1-2,6-7H2. The van der Waals surface area contributed by atoms with Crippen LogP contribution in [-0.2, 0) is 4.74 Å². The topological polar surface area (TPSA) is 70.9 Å². The number of nitrogens with one attached hydrogen (secondary N) is 2. The van der Waals surface area contributed by atoms with Gasteiger partial charge in [0.15, 0.2) is 0 Å². The van der Waals surface area contributed by atoms with Crippen molar-refractivity contribution in [1.82, 2.24) is 9.97 Å². The van der Waals surface area contributed by atoms with Crippen molar-refractivity contribution in [2.45, 2.75) is 25.5 Å². The van der Waals surface area contributed by atoms with Crippen LogP contribution in [0.3, 0.4) is 0 Å². The molecule has 120 valence electrons. The maximum absolute atomic E-state index is 13.3. The summed E-state index contributed by atoms with van der Waals surface area (Å²) in [6, 6.07) is 6.13. The summed E-state index contributed by atoms with van der Waals surface area (Å²) in [5.74, 6) is -0.606. The summed E-state index contributed by atoms with van der Waals surface area (Å²) in [5, 5.41) is 11.6. The maximum atomic E-state index is 13.3. The quantitative estimate of drug-likeness (QED) is 0.627. The van der Waals surface area contributed by atoms with Gasteiger partial charge in [-0.3, -0.25) is 5.41 Å². The fraction of sp³-hybridized carbons (Fsp3) is 0.312. The molecule has 1 atom stereocenters. The van der Waals surface area contributed by atoms with Crippen LogP contribution < -0.4 is 5.32 Å². The number of halogens is 2. The van der Waals surface area contributed by atoms with Crippen LogP contribution in [0.15, 0.2) is 35.1 Å². The van der Waals surface area contributed by atoms with Gasteiger partial charge in [0.25, 0.3) is 0 Å². The number of nitrogens with zero attached hydrogens (tertiary/aromatic N) is 2. The molecule has 2 aromatic heterocycles. The van der Waals surface area contributed by atoms with Crippen molar-refractivity contribution in [2.75, 3.05) is 11.9 Å². The number of rotatable bonds is 4. The second kappa shape index (κ2) is 7.14. The van der Waals surface area contributed by atoms with Crippen LogP contribution in [0.2, 0.25) is 0 Å². The molecule has 0 saturated carbocycles. The third kappa shape index (κ3) is 3.92. The van der Waals surface area contributed by atoms with Crippen LogP contribution in [0.5, 0.6) is 0 Å². The number of aromatic nitrogens is 2. The highest BCUT2D eigenvalue weighted by atomic mass is 79.9. The molecule has 1 unspecified atom stereocenters. The van der Waals surface area contributed by atoms with E-state index in [9.17, 15) is 4.39 Å². The van der Waals surface area contributed by atoms with Gasteiger partial charge in [-0.1, -0.05) is 6.07 Å². The Morgan fingerprint density at radius 1 is 1.39 bits per heavy atom. The summed E-state index contributed by atoms with van der Waals surface area (Å²) in [6.07, 6.45) is 4.61.